The van der Waals surface area contributed by atoms with E-state index in [2.05, 4.69) is 26.9 Å². The summed E-state index contributed by atoms with van der Waals surface area (Å²) in [6.45, 7) is 3.01. The van der Waals surface area contributed by atoms with Gasteiger partial charge in [-0.15, -0.1) is 0 Å². The summed E-state index contributed by atoms with van der Waals surface area (Å²) in [5.41, 5.74) is 2.61. The average Bonchev–Trinajstić information content (AvgIpc) is 2.78. The number of aromatic nitrogens is 1. The van der Waals surface area contributed by atoms with Crippen LogP contribution < -0.4 is 4.90 Å². The van der Waals surface area contributed by atoms with Crippen LogP contribution in [0, 0.1) is 0 Å². The third kappa shape index (κ3) is 2.70. The zero-order valence-corrected chi connectivity index (χ0v) is 12.2. The van der Waals surface area contributed by atoms with Crippen LogP contribution >= 0.6 is 0 Å². The van der Waals surface area contributed by atoms with Gasteiger partial charge in [-0.25, -0.2) is 4.98 Å². The maximum atomic E-state index is 5.55. The fourth-order valence-electron chi connectivity index (χ4n) is 2.84. The van der Waals surface area contributed by atoms with Gasteiger partial charge in [0.05, 0.1) is 6.26 Å². The first kappa shape index (κ1) is 13.2. The maximum Gasteiger partial charge on any atom is 0.132 e. The highest BCUT2D eigenvalue weighted by Gasteiger charge is 2.18. The molecule has 0 atom stereocenters. The van der Waals surface area contributed by atoms with E-state index < -0.39 is 0 Å². The van der Waals surface area contributed by atoms with Crippen molar-refractivity contribution in [2.24, 2.45) is 0 Å². The van der Waals surface area contributed by atoms with Crippen LogP contribution in [0.3, 0.4) is 0 Å². The van der Waals surface area contributed by atoms with Gasteiger partial charge in [0.25, 0.3) is 0 Å². The number of hydrogen-bond acceptors (Lipinski definition) is 4. The number of nitrogens with zero attached hydrogens (tertiary/aromatic N) is 3. The van der Waals surface area contributed by atoms with Crippen LogP contribution in [0.2, 0.25) is 0 Å². The van der Waals surface area contributed by atoms with Gasteiger partial charge < -0.3 is 9.32 Å². The summed E-state index contributed by atoms with van der Waals surface area (Å²) in [5.74, 6) is 2.22. The molecule has 3 rings (SSSR count). The minimum Gasteiger partial charge on any atom is -0.469 e. The van der Waals surface area contributed by atoms with Crippen LogP contribution in [-0.2, 0) is 19.5 Å². The van der Waals surface area contributed by atoms with E-state index in [0.717, 1.165) is 44.1 Å². The lowest BCUT2D eigenvalue weighted by Crippen LogP contribution is -2.24. The van der Waals surface area contributed by atoms with Gasteiger partial charge in [-0.3, -0.25) is 4.90 Å². The van der Waals surface area contributed by atoms with Gasteiger partial charge in [-0.2, -0.15) is 0 Å². The van der Waals surface area contributed by atoms with Gasteiger partial charge in [0.2, 0.25) is 0 Å². The van der Waals surface area contributed by atoms with Crippen LogP contribution in [0.1, 0.15) is 23.3 Å². The van der Waals surface area contributed by atoms with Crippen molar-refractivity contribution in [3.63, 3.8) is 0 Å². The number of aryl methyl sites for hydroxylation is 1. The Kier molecular flexibility index (Phi) is 3.74. The Balaban J connectivity index is 1.78. The van der Waals surface area contributed by atoms with Crippen LogP contribution in [0.4, 0.5) is 5.82 Å². The molecule has 4 nitrogen and oxygen atoms in total. The van der Waals surface area contributed by atoms with E-state index in [1.165, 1.54) is 11.1 Å². The summed E-state index contributed by atoms with van der Waals surface area (Å²) in [5, 5.41) is 0. The lowest BCUT2D eigenvalue weighted by Gasteiger charge is -2.23. The first-order chi connectivity index (χ1) is 9.74. The smallest absolute Gasteiger partial charge is 0.132 e. The summed E-state index contributed by atoms with van der Waals surface area (Å²) in [7, 11) is 4.09. The van der Waals surface area contributed by atoms with Crippen LogP contribution in [0.5, 0.6) is 0 Å². The van der Waals surface area contributed by atoms with Crippen molar-refractivity contribution in [3.05, 3.63) is 47.5 Å². The number of furan rings is 1. The lowest BCUT2D eigenvalue weighted by molar-refractivity contribution is 0.261. The van der Waals surface area contributed by atoms with E-state index in [0.29, 0.717) is 0 Å². The highest BCUT2D eigenvalue weighted by Crippen LogP contribution is 2.23. The normalized spacial score (nSPS) is 15.7. The summed E-state index contributed by atoms with van der Waals surface area (Å²) >= 11 is 0. The van der Waals surface area contributed by atoms with Gasteiger partial charge in [-0.05, 0) is 25.1 Å². The Labute approximate surface area is 120 Å². The molecule has 0 saturated carbocycles. The Morgan fingerprint density at radius 1 is 1.35 bits per heavy atom. The topological polar surface area (TPSA) is 32.5 Å². The molecule has 1 aliphatic rings. The van der Waals surface area contributed by atoms with Crippen molar-refractivity contribution >= 4 is 5.82 Å². The second-order valence-corrected chi connectivity index (χ2v) is 5.56. The summed E-state index contributed by atoms with van der Waals surface area (Å²) in [6, 6.07) is 6.29. The standard InChI is InChI=1S/C16H21N3O/c1-18(2)16-14(5-3-8-17-16)12-19-9-4-6-15-13(11-19)7-10-20-15/h3,5,7-8,10H,4,6,9,11-12H2,1-2H3. The van der Waals surface area contributed by atoms with Gasteiger partial charge in [0.15, 0.2) is 0 Å². The van der Waals surface area contributed by atoms with E-state index in [1.807, 2.05) is 32.6 Å². The first-order valence-electron chi connectivity index (χ1n) is 7.13. The second-order valence-electron chi connectivity index (χ2n) is 5.56. The summed E-state index contributed by atoms with van der Waals surface area (Å²) in [6.07, 6.45) is 5.86. The molecule has 2 aromatic rings. The molecule has 106 valence electrons. The average molecular weight is 271 g/mol. The molecule has 0 spiro atoms. The minimum absolute atomic E-state index is 0.936. The number of pyridine rings is 1. The van der Waals surface area contributed by atoms with Crippen molar-refractivity contribution in [2.45, 2.75) is 25.9 Å². The van der Waals surface area contributed by atoms with Crippen LogP contribution in [0.25, 0.3) is 0 Å². The van der Waals surface area contributed by atoms with E-state index in [1.54, 1.807) is 0 Å². The molecular formula is C16H21N3O. The Bertz CT molecular complexity index is 577. The summed E-state index contributed by atoms with van der Waals surface area (Å²) < 4.78 is 5.55. The molecule has 0 aliphatic carbocycles. The second kappa shape index (κ2) is 5.67. The van der Waals surface area contributed by atoms with E-state index in [-0.39, 0.29) is 0 Å². The van der Waals surface area contributed by atoms with Crippen molar-refractivity contribution in [3.8, 4) is 0 Å². The van der Waals surface area contributed by atoms with Crippen LogP contribution in [-0.4, -0.2) is 30.5 Å². The third-order valence-electron chi connectivity index (χ3n) is 3.79. The maximum absolute atomic E-state index is 5.55. The monoisotopic (exact) mass is 271 g/mol. The number of rotatable bonds is 3. The van der Waals surface area contributed by atoms with Crippen molar-refractivity contribution in [1.82, 2.24) is 9.88 Å². The molecule has 0 bridgehead atoms. The first-order valence-corrected chi connectivity index (χ1v) is 7.13. The highest BCUT2D eigenvalue weighted by atomic mass is 16.3. The quantitative estimate of drug-likeness (QED) is 0.859. The molecular weight excluding hydrogens is 250 g/mol. The molecule has 3 heterocycles. The Morgan fingerprint density at radius 3 is 3.10 bits per heavy atom. The van der Waals surface area contributed by atoms with Gasteiger partial charge >= 0.3 is 0 Å². The van der Waals surface area contributed by atoms with Crippen LogP contribution in [0.15, 0.2) is 35.1 Å². The van der Waals surface area contributed by atoms with E-state index in [9.17, 15) is 0 Å². The molecule has 2 aromatic heterocycles. The minimum atomic E-state index is 0.936. The Hall–Kier alpha value is -1.81. The molecule has 0 amide bonds. The largest absolute Gasteiger partial charge is 0.469 e. The molecule has 0 unspecified atom stereocenters. The predicted molar refractivity (Wildman–Crippen MR) is 79.7 cm³/mol. The third-order valence-corrected chi connectivity index (χ3v) is 3.79. The molecule has 4 heteroatoms. The SMILES string of the molecule is CN(C)c1ncccc1CN1CCCc2occc2C1. The van der Waals surface area contributed by atoms with Crippen molar-refractivity contribution in [2.75, 3.05) is 25.5 Å². The van der Waals surface area contributed by atoms with E-state index in [4.69, 9.17) is 4.42 Å². The highest BCUT2D eigenvalue weighted by molar-refractivity contribution is 5.45. The molecule has 0 saturated heterocycles. The van der Waals surface area contributed by atoms with Crippen molar-refractivity contribution < 1.29 is 4.42 Å². The number of anilines is 1. The summed E-state index contributed by atoms with van der Waals surface area (Å²) in [4.78, 5) is 9.04. The van der Waals surface area contributed by atoms with Gasteiger partial charge in [-0.1, -0.05) is 6.07 Å². The number of fused-ring (bicyclic) bond motifs is 1. The molecule has 20 heavy (non-hydrogen) atoms. The zero-order chi connectivity index (χ0) is 13.9. The molecule has 0 N–H and O–H groups in total. The molecule has 0 aromatic carbocycles. The van der Waals surface area contributed by atoms with Crippen molar-refractivity contribution in [1.29, 1.82) is 0 Å². The predicted octanol–water partition coefficient (Wildman–Crippen LogP) is 2.69. The molecule has 1 aliphatic heterocycles. The Morgan fingerprint density at radius 2 is 2.25 bits per heavy atom. The van der Waals surface area contributed by atoms with Gasteiger partial charge in [0, 0.05) is 50.9 Å². The zero-order valence-electron chi connectivity index (χ0n) is 12.2. The van der Waals surface area contributed by atoms with Gasteiger partial charge in [0.1, 0.15) is 11.6 Å². The molecule has 0 radical (unpaired) electrons. The number of hydrogen-bond donors (Lipinski definition) is 0. The molecule has 0 fully saturated rings. The fourth-order valence-corrected chi connectivity index (χ4v) is 2.84. The lowest BCUT2D eigenvalue weighted by atomic mass is 10.2. The van der Waals surface area contributed by atoms with E-state index >= 15 is 0 Å². The fraction of sp³-hybridized carbons (Fsp3) is 0.438.